The maximum atomic E-state index is 6.41. The lowest BCUT2D eigenvalue weighted by Gasteiger charge is -2.35. The number of hydrogen-bond donors (Lipinski definition) is 1. The summed E-state index contributed by atoms with van der Waals surface area (Å²) in [4.78, 5) is 4.58. The normalized spacial score (nSPS) is 25.1. The molecule has 118 valence electrons. The third-order valence-electron chi connectivity index (χ3n) is 4.56. The molecule has 1 aliphatic rings. The van der Waals surface area contributed by atoms with E-state index in [1.54, 1.807) is 7.11 Å². The molecule has 0 aliphatic heterocycles. The van der Waals surface area contributed by atoms with Crippen molar-refractivity contribution in [2.75, 3.05) is 7.11 Å². The standard InChI is InChI=1S/C17H23N3O2/c1-17(18)10-4-3-5-14(17)16-19-15(20-22-16)11-12-6-8-13(21-2)9-7-12/h6-9,14H,3-5,10-11,18H2,1-2H3. The van der Waals surface area contributed by atoms with Crippen LogP contribution in [0.3, 0.4) is 0 Å². The number of nitrogens with zero attached hydrogens (tertiary/aromatic N) is 2. The summed E-state index contributed by atoms with van der Waals surface area (Å²) in [5, 5.41) is 4.12. The van der Waals surface area contributed by atoms with Crippen LogP contribution in [-0.2, 0) is 6.42 Å². The van der Waals surface area contributed by atoms with Crippen molar-refractivity contribution in [1.82, 2.24) is 10.1 Å². The van der Waals surface area contributed by atoms with E-state index < -0.39 is 0 Å². The highest BCUT2D eigenvalue weighted by atomic mass is 16.5. The molecular formula is C17H23N3O2. The molecule has 0 radical (unpaired) electrons. The minimum absolute atomic E-state index is 0.165. The molecule has 2 unspecified atom stereocenters. The van der Waals surface area contributed by atoms with Crippen LogP contribution in [0.25, 0.3) is 0 Å². The van der Waals surface area contributed by atoms with Crippen molar-refractivity contribution >= 4 is 0 Å². The van der Waals surface area contributed by atoms with E-state index in [-0.39, 0.29) is 11.5 Å². The fourth-order valence-corrected chi connectivity index (χ4v) is 3.17. The van der Waals surface area contributed by atoms with Gasteiger partial charge in [0.2, 0.25) is 5.89 Å². The Morgan fingerprint density at radius 1 is 1.32 bits per heavy atom. The summed E-state index contributed by atoms with van der Waals surface area (Å²) in [5.74, 6) is 2.41. The topological polar surface area (TPSA) is 74.2 Å². The molecule has 3 rings (SSSR count). The number of benzene rings is 1. The zero-order valence-electron chi connectivity index (χ0n) is 13.2. The van der Waals surface area contributed by atoms with Gasteiger partial charge < -0.3 is 15.0 Å². The second-order valence-electron chi connectivity index (χ2n) is 6.38. The van der Waals surface area contributed by atoms with Crippen LogP contribution < -0.4 is 10.5 Å². The summed E-state index contributed by atoms with van der Waals surface area (Å²) in [5.41, 5.74) is 7.29. The molecular weight excluding hydrogens is 278 g/mol. The third-order valence-corrected chi connectivity index (χ3v) is 4.56. The molecule has 2 atom stereocenters. The van der Waals surface area contributed by atoms with Gasteiger partial charge in [-0.25, -0.2) is 0 Å². The molecule has 2 aromatic rings. The molecule has 1 saturated carbocycles. The molecule has 5 heteroatoms. The SMILES string of the molecule is COc1ccc(Cc2noc(C3CCCCC3(C)N)n2)cc1. The monoisotopic (exact) mass is 301 g/mol. The van der Waals surface area contributed by atoms with Crippen molar-refractivity contribution in [2.45, 2.75) is 50.5 Å². The number of nitrogens with two attached hydrogens (primary N) is 1. The first-order valence-electron chi connectivity index (χ1n) is 7.83. The lowest BCUT2D eigenvalue weighted by molar-refractivity contribution is 0.223. The predicted octanol–water partition coefficient (Wildman–Crippen LogP) is 3.04. The van der Waals surface area contributed by atoms with E-state index in [9.17, 15) is 0 Å². The zero-order valence-corrected chi connectivity index (χ0v) is 13.2. The average molecular weight is 301 g/mol. The van der Waals surface area contributed by atoms with Crippen LogP contribution in [0.4, 0.5) is 0 Å². The Morgan fingerprint density at radius 3 is 2.77 bits per heavy atom. The molecule has 1 fully saturated rings. The summed E-state index contributed by atoms with van der Waals surface area (Å²) < 4.78 is 10.7. The molecule has 22 heavy (non-hydrogen) atoms. The van der Waals surface area contributed by atoms with Crippen molar-refractivity contribution in [3.63, 3.8) is 0 Å². The number of hydrogen-bond acceptors (Lipinski definition) is 5. The molecule has 0 spiro atoms. The summed E-state index contributed by atoms with van der Waals surface area (Å²) in [6.45, 7) is 2.09. The molecule has 1 aromatic heterocycles. The highest BCUT2D eigenvalue weighted by Gasteiger charge is 2.37. The van der Waals surface area contributed by atoms with Gasteiger partial charge in [0.25, 0.3) is 0 Å². The Bertz CT molecular complexity index is 619. The van der Waals surface area contributed by atoms with Gasteiger partial charge in [0, 0.05) is 12.0 Å². The van der Waals surface area contributed by atoms with E-state index in [1.165, 1.54) is 12.8 Å². The fourth-order valence-electron chi connectivity index (χ4n) is 3.17. The van der Waals surface area contributed by atoms with Crippen LogP contribution >= 0.6 is 0 Å². The van der Waals surface area contributed by atoms with Gasteiger partial charge in [-0.15, -0.1) is 0 Å². The van der Waals surface area contributed by atoms with Crippen LogP contribution in [0.5, 0.6) is 5.75 Å². The van der Waals surface area contributed by atoms with Gasteiger partial charge in [-0.3, -0.25) is 0 Å². The van der Waals surface area contributed by atoms with Crippen LogP contribution in [-0.4, -0.2) is 22.8 Å². The lowest BCUT2D eigenvalue weighted by Crippen LogP contribution is -2.44. The molecule has 1 aromatic carbocycles. The largest absolute Gasteiger partial charge is 0.497 e. The molecule has 0 bridgehead atoms. The van der Waals surface area contributed by atoms with E-state index in [0.29, 0.717) is 18.1 Å². The second-order valence-corrected chi connectivity index (χ2v) is 6.38. The van der Waals surface area contributed by atoms with E-state index in [0.717, 1.165) is 24.2 Å². The van der Waals surface area contributed by atoms with Crippen molar-refractivity contribution in [1.29, 1.82) is 0 Å². The Labute approximate surface area is 130 Å². The Morgan fingerprint density at radius 2 is 2.09 bits per heavy atom. The molecule has 1 aliphatic carbocycles. The van der Waals surface area contributed by atoms with Gasteiger partial charge in [-0.05, 0) is 37.5 Å². The van der Waals surface area contributed by atoms with Crippen molar-refractivity contribution in [3.8, 4) is 5.75 Å². The average Bonchev–Trinajstić information content (AvgIpc) is 2.95. The zero-order chi connectivity index (χ0) is 15.6. The Balaban J connectivity index is 1.72. The molecule has 5 nitrogen and oxygen atoms in total. The lowest BCUT2D eigenvalue weighted by atomic mass is 9.74. The molecule has 2 N–H and O–H groups in total. The first-order chi connectivity index (χ1) is 10.6. The van der Waals surface area contributed by atoms with Gasteiger partial charge in [0.1, 0.15) is 5.75 Å². The van der Waals surface area contributed by atoms with Gasteiger partial charge in [0.05, 0.1) is 13.0 Å². The van der Waals surface area contributed by atoms with Crippen molar-refractivity contribution in [3.05, 3.63) is 41.5 Å². The van der Waals surface area contributed by atoms with Crippen molar-refractivity contribution < 1.29 is 9.26 Å². The van der Waals surface area contributed by atoms with Gasteiger partial charge in [-0.1, -0.05) is 30.1 Å². The van der Waals surface area contributed by atoms with Crippen molar-refractivity contribution in [2.24, 2.45) is 5.73 Å². The van der Waals surface area contributed by atoms with E-state index in [4.69, 9.17) is 15.0 Å². The summed E-state index contributed by atoms with van der Waals surface area (Å²) in [6.07, 6.45) is 5.04. The third kappa shape index (κ3) is 3.14. The smallest absolute Gasteiger partial charge is 0.231 e. The highest BCUT2D eigenvalue weighted by Crippen LogP contribution is 2.38. The van der Waals surface area contributed by atoms with Crippen LogP contribution in [0.1, 0.15) is 55.8 Å². The van der Waals surface area contributed by atoms with Gasteiger partial charge in [0.15, 0.2) is 5.82 Å². The number of methoxy groups -OCH3 is 1. The first-order valence-corrected chi connectivity index (χ1v) is 7.83. The number of rotatable bonds is 4. The summed E-state index contributed by atoms with van der Waals surface area (Å²) >= 11 is 0. The minimum atomic E-state index is -0.248. The minimum Gasteiger partial charge on any atom is -0.497 e. The maximum Gasteiger partial charge on any atom is 0.231 e. The number of ether oxygens (including phenoxy) is 1. The number of aromatic nitrogens is 2. The van der Waals surface area contributed by atoms with Crippen LogP contribution in [0, 0.1) is 0 Å². The Kier molecular flexibility index (Phi) is 4.16. The molecule has 0 amide bonds. The summed E-state index contributed by atoms with van der Waals surface area (Å²) in [7, 11) is 1.66. The van der Waals surface area contributed by atoms with Crippen LogP contribution in [0.2, 0.25) is 0 Å². The van der Waals surface area contributed by atoms with Crippen LogP contribution in [0.15, 0.2) is 28.8 Å². The summed E-state index contributed by atoms with van der Waals surface area (Å²) in [6, 6.07) is 7.91. The maximum absolute atomic E-state index is 6.41. The van der Waals surface area contributed by atoms with E-state index >= 15 is 0 Å². The molecule has 1 heterocycles. The van der Waals surface area contributed by atoms with E-state index in [1.807, 2.05) is 24.3 Å². The Hall–Kier alpha value is -1.88. The fraction of sp³-hybridized carbons (Fsp3) is 0.529. The predicted molar refractivity (Wildman–Crippen MR) is 83.9 cm³/mol. The first kappa shape index (κ1) is 15.0. The quantitative estimate of drug-likeness (QED) is 0.939. The second kappa shape index (κ2) is 6.08. The van der Waals surface area contributed by atoms with Gasteiger partial charge in [-0.2, -0.15) is 4.98 Å². The molecule has 0 saturated heterocycles. The van der Waals surface area contributed by atoms with Gasteiger partial charge >= 0.3 is 0 Å². The highest BCUT2D eigenvalue weighted by molar-refractivity contribution is 5.28. The van der Waals surface area contributed by atoms with E-state index in [2.05, 4.69) is 17.1 Å².